The minimum atomic E-state index is -3.59. The van der Waals surface area contributed by atoms with Crippen molar-refractivity contribution in [2.75, 3.05) is 13.1 Å². The summed E-state index contributed by atoms with van der Waals surface area (Å²) < 4.78 is 26.3. The summed E-state index contributed by atoms with van der Waals surface area (Å²) in [4.78, 5) is 13.3. The number of rotatable bonds is 4. The molecule has 1 fully saturated rings. The summed E-state index contributed by atoms with van der Waals surface area (Å²) in [7, 11) is -3.59. The molecular weight excluding hydrogens is 280 g/mol. The van der Waals surface area contributed by atoms with Crippen LogP contribution in [-0.4, -0.2) is 41.9 Å². The number of hydrogen-bond acceptors (Lipinski definition) is 3. The normalized spacial score (nSPS) is 18.6. The van der Waals surface area contributed by atoms with Gasteiger partial charge in [-0.3, -0.25) is 0 Å². The van der Waals surface area contributed by atoms with Crippen LogP contribution in [0.25, 0.3) is 0 Å². The van der Waals surface area contributed by atoms with E-state index in [-0.39, 0.29) is 10.6 Å². The van der Waals surface area contributed by atoms with Crippen LogP contribution < -0.4 is 0 Å². The SMILES string of the molecule is CC(C)C1CCN(S(=O)(=O)c2c[nH]c(C(=O)O)c2)CC1. The van der Waals surface area contributed by atoms with E-state index in [1.165, 1.54) is 16.6 Å². The fourth-order valence-electron chi connectivity index (χ4n) is 2.58. The molecule has 2 rings (SSSR count). The minimum Gasteiger partial charge on any atom is -0.477 e. The van der Waals surface area contributed by atoms with Crippen molar-refractivity contribution in [2.24, 2.45) is 11.8 Å². The van der Waals surface area contributed by atoms with Crippen molar-refractivity contribution in [3.05, 3.63) is 18.0 Å². The standard InChI is InChI=1S/C13H20N2O4S/c1-9(2)10-3-5-15(6-4-10)20(18,19)11-7-12(13(16)17)14-8-11/h7-10,14H,3-6H2,1-2H3,(H,16,17). The number of aromatic nitrogens is 1. The van der Waals surface area contributed by atoms with Gasteiger partial charge in [-0.2, -0.15) is 4.31 Å². The molecule has 6 nitrogen and oxygen atoms in total. The van der Waals surface area contributed by atoms with Crippen LogP contribution in [0, 0.1) is 11.8 Å². The number of hydrogen-bond donors (Lipinski definition) is 2. The van der Waals surface area contributed by atoms with Gasteiger partial charge in [0.2, 0.25) is 10.0 Å². The Morgan fingerprint density at radius 3 is 2.45 bits per heavy atom. The number of nitrogens with one attached hydrogen (secondary N) is 1. The van der Waals surface area contributed by atoms with E-state index in [1.54, 1.807) is 0 Å². The third-order valence-electron chi connectivity index (χ3n) is 3.97. The Balaban J connectivity index is 2.13. The summed E-state index contributed by atoms with van der Waals surface area (Å²) in [6.45, 7) is 5.30. The molecule has 112 valence electrons. The molecule has 7 heteroatoms. The molecule has 1 aromatic rings. The lowest BCUT2D eigenvalue weighted by molar-refractivity contribution is 0.0691. The van der Waals surface area contributed by atoms with Crippen LogP contribution in [0.2, 0.25) is 0 Å². The minimum absolute atomic E-state index is 0.0258. The Morgan fingerprint density at radius 2 is 2.00 bits per heavy atom. The number of carbonyl (C=O) groups is 1. The van der Waals surface area contributed by atoms with Gasteiger partial charge in [-0.15, -0.1) is 0 Å². The molecule has 2 N–H and O–H groups in total. The second-order valence-electron chi connectivity index (χ2n) is 5.54. The van der Waals surface area contributed by atoms with Crippen LogP contribution in [0.4, 0.5) is 0 Å². The van der Waals surface area contributed by atoms with E-state index in [2.05, 4.69) is 18.8 Å². The van der Waals surface area contributed by atoms with E-state index in [9.17, 15) is 13.2 Å². The molecule has 0 aliphatic carbocycles. The highest BCUT2D eigenvalue weighted by atomic mass is 32.2. The Morgan fingerprint density at radius 1 is 1.40 bits per heavy atom. The molecule has 1 saturated heterocycles. The van der Waals surface area contributed by atoms with Crippen LogP contribution >= 0.6 is 0 Å². The van der Waals surface area contributed by atoms with Gasteiger partial charge in [0, 0.05) is 19.3 Å². The maximum atomic E-state index is 12.4. The third-order valence-corrected chi connectivity index (χ3v) is 5.84. The van der Waals surface area contributed by atoms with Gasteiger partial charge in [0.25, 0.3) is 0 Å². The third kappa shape index (κ3) is 2.88. The highest BCUT2D eigenvalue weighted by molar-refractivity contribution is 7.89. The Labute approximate surface area is 118 Å². The average Bonchev–Trinajstić information content (AvgIpc) is 2.89. The molecule has 0 aromatic carbocycles. The molecule has 0 saturated carbocycles. The molecule has 1 aromatic heterocycles. The lowest BCUT2D eigenvalue weighted by Gasteiger charge is -2.32. The van der Waals surface area contributed by atoms with Crippen LogP contribution in [0.1, 0.15) is 37.2 Å². The molecule has 0 unspecified atom stereocenters. The lowest BCUT2D eigenvalue weighted by atomic mass is 9.87. The lowest BCUT2D eigenvalue weighted by Crippen LogP contribution is -2.39. The van der Waals surface area contributed by atoms with Gasteiger partial charge < -0.3 is 10.1 Å². The summed E-state index contributed by atoms with van der Waals surface area (Å²) >= 11 is 0. The largest absolute Gasteiger partial charge is 0.477 e. The molecule has 1 aliphatic heterocycles. The van der Waals surface area contributed by atoms with Gasteiger partial charge in [0.1, 0.15) is 10.6 Å². The second kappa shape index (κ2) is 5.57. The molecule has 0 atom stereocenters. The average molecular weight is 300 g/mol. The number of H-pyrrole nitrogens is 1. The first kappa shape index (κ1) is 15.1. The number of carboxylic acid groups (broad SMARTS) is 1. The van der Waals surface area contributed by atoms with Crippen LogP contribution in [0.15, 0.2) is 17.2 Å². The van der Waals surface area contributed by atoms with E-state index >= 15 is 0 Å². The predicted octanol–water partition coefficient (Wildman–Crippen LogP) is 1.77. The Hall–Kier alpha value is -1.34. The van der Waals surface area contributed by atoms with Gasteiger partial charge in [-0.25, -0.2) is 13.2 Å². The number of sulfonamides is 1. The summed E-state index contributed by atoms with van der Waals surface area (Å²) in [5.41, 5.74) is -0.111. The van der Waals surface area contributed by atoms with Crippen molar-refractivity contribution in [1.82, 2.24) is 9.29 Å². The van der Waals surface area contributed by atoms with Crippen molar-refractivity contribution in [1.29, 1.82) is 0 Å². The topological polar surface area (TPSA) is 90.5 Å². The maximum Gasteiger partial charge on any atom is 0.352 e. The maximum absolute atomic E-state index is 12.4. The van der Waals surface area contributed by atoms with E-state index in [0.717, 1.165) is 12.8 Å². The molecule has 0 spiro atoms. The summed E-state index contributed by atoms with van der Waals surface area (Å²) in [5, 5.41) is 8.83. The summed E-state index contributed by atoms with van der Waals surface area (Å²) in [6.07, 6.45) is 2.95. The Kier molecular flexibility index (Phi) is 4.19. The number of piperidine rings is 1. The molecule has 2 heterocycles. The predicted molar refractivity (Wildman–Crippen MR) is 74.1 cm³/mol. The van der Waals surface area contributed by atoms with E-state index in [0.29, 0.717) is 24.9 Å². The van der Waals surface area contributed by atoms with Gasteiger partial charge in [0.05, 0.1) is 0 Å². The first-order valence-corrected chi connectivity index (χ1v) is 8.18. The van der Waals surface area contributed by atoms with Crippen molar-refractivity contribution in [2.45, 2.75) is 31.6 Å². The van der Waals surface area contributed by atoms with Gasteiger partial charge in [-0.1, -0.05) is 13.8 Å². The fraction of sp³-hybridized carbons (Fsp3) is 0.615. The molecule has 0 bridgehead atoms. The quantitative estimate of drug-likeness (QED) is 0.886. The molecular formula is C13H20N2O4S. The monoisotopic (exact) mass is 300 g/mol. The smallest absolute Gasteiger partial charge is 0.352 e. The molecule has 0 amide bonds. The van der Waals surface area contributed by atoms with E-state index in [1.807, 2.05) is 0 Å². The van der Waals surface area contributed by atoms with Crippen molar-refractivity contribution >= 4 is 16.0 Å². The zero-order chi connectivity index (χ0) is 14.9. The van der Waals surface area contributed by atoms with Crippen LogP contribution in [-0.2, 0) is 10.0 Å². The molecule has 1 aliphatic rings. The van der Waals surface area contributed by atoms with Crippen molar-refractivity contribution in [3.63, 3.8) is 0 Å². The first-order chi connectivity index (χ1) is 9.32. The number of aromatic carboxylic acids is 1. The number of nitrogens with zero attached hydrogens (tertiary/aromatic N) is 1. The van der Waals surface area contributed by atoms with Crippen LogP contribution in [0.5, 0.6) is 0 Å². The highest BCUT2D eigenvalue weighted by Gasteiger charge is 2.31. The van der Waals surface area contributed by atoms with Crippen molar-refractivity contribution in [3.8, 4) is 0 Å². The first-order valence-electron chi connectivity index (χ1n) is 6.74. The fourth-order valence-corrected chi connectivity index (χ4v) is 4.04. The second-order valence-corrected chi connectivity index (χ2v) is 7.48. The van der Waals surface area contributed by atoms with Gasteiger partial charge >= 0.3 is 5.97 Å². The zero-order valence-corrected chi connectivity index (χ0v) is 12.5. The highest BCUT2D eigenvalue weighted by Crippen LogP contribution is 2.28. The van der Waals surface area contributed by atoms with Crippen molar-refractivity contribution < 1.29 is 18.3 Å². The number of carboxylic acids is 1. The molecule has 0 radical (unpaired) electrons. The zero-order valence-electron chi connectivity index (χ0n) is 11.7. The van der Waals surface area contributed by atoms with E-state index < -0.39 is 16.0 Å². The van der Waals surface area contributed by atoms with E-state index in [4.69, 9.17) is 5.11 Å². The number of aromatic amines is 1. The van der Waals surface area contributed by atoms with Gasteiger partial charge in [-0.05, 0) is 30.7 Å². The molecule has 20 heavy (non-hydrogen) atoms. The summed E-state index contributed by atoms with van der Waals surface area (Å²) in [5.74, 6) is -0.0436. The summed E-state index contributed by atoms with van der Waals surface area (Å²) in [6, 6.07) is 1.17. The van der Waals surface area contributed by atoms with Crippen LogP contribution in [0.3, 0.4) is 0 Å². The van der Waals surface area contributed by atoms with Gasteiger partial charge in [0.15, 0.2) is 0 Å². The Bertz CT molecular complexity index is 583.